The molecule has 0 spiro atoms. The van der Waals surface area contributed by atoms with Crippen molar-refractivity contribution in [3.63, 3.8) is 0 Å². The number of hydrogen-bond donors (Lipinski definition) is 1. The van der Waals surface area contributed by atoms with Crippen LogP contribution in [-0.2, 0) is 0 Å². The van der Waals surface area contributed by atoms with Gasteiger partial charge in [0.2, 0.25) is 0 Å². The summed E-state index contributed by atoms with van der Waals surface area (Å²) in [6.07, 6.45) is 11.0. The van der Waals surface area contributed by atoms with Gasteiger partial charge < -0.3 is 14.9 Å². The molecule has 4 rings (SSSR count). The first-order valence-electron chi connectivity index (χ1n) is 10.5. The standard InChI is InChI=1S/C20H33N5O/c26-15-18-7-4-8-25(18)20-13-19(21-16-22-20)24-11-9-23(10-12-24)14-17-5-2-1-3-6-17/h13,16-18,26H,1-12,14-15H2. The van der Waals surface area contributed by atoms with E-state index in [0.717, 1.165) is 63.1 Å². The van der Waals surface area contributed by atoms with Gasteiger partial charge >= 0.3 is 0 Å². The van der Waals surface area contributed by atoms with E-state index in [1.165, 1.54) is 38.6 Å². The average Bonchev–Trinajstić information content (AvgIpc) is 3.18. The highest BCUT2D eigenvalue weighted by Crippen LogP contribution is 2.27. The Labute approximate surface area is 157 Å². The zero-order chi connectivity index (χ0) is 17.8. The summed E-state index contributed by atoms with van der Waals surface area (Å²) in [6.45, 7) is 6.85. The van der Waals surface area contributed by atoms with Gasteiger partial charge in [-0.05, 0) is 31.6 Å². The van der Waals surface area contributed by atoms with Crippen LogP contribution in [0.2, 0.25) is 0 Å². The first kappa shape index (κ1) is 18.0. The molecule has 0 aromatic carbocycles. The molecule has 1 aromatic rings. The van der Waals surface area contributed by atoms with Crippen LogP contribution in [-0.4, -0.2) is 71.9 Å². The minimum absolute atomic E-state index is 0.208. The van der Waals surface area contributed by atoms with Crippen LogP contribution in [0.1, 0.15) is 44.9 Å². The zero-order valence-electron chi connectivity index (χ0n) is 15.9. The van der Waals surface area contributed by atoms with Crippen molar-refractivity contribution in [3.05, 3.63) is 12.4 Å². The number of piperazine rings is 1. The quantitative estimate of drug-likeness (QED) is 0.869. The van der Waals surface area contributed by atoms with E-state index in [-0.39, 0.29) is 12.6 Å². The Balaban J connectivity index is 1.33. The first-order valence-corrected chi connectivity index (χ1v) is 10.5. The van der Waals surface area contributed by atoms with Crippen LogP contribution in [0.5, 0.6) is 0 Å². The zero-order valence-corrected chi connectivity index (χ0v) is 15.9. The summed E-state index contributed by atoms with van der Waals surface area (Å²) in [7, 11) is 0. The summed E-state index contributed by atoms with van der Waals surface area (Å²) < 4.78 is 0. The highest BCUT2D eigenvalue weighted by Gasteiger charge is 2.26. The van der Waals surface area contributed by atoms with Crippen molar-refractivity contribution >= 4 is 11.6 Å². The van der Waals surface area contributed by atoms with Crippen molar-refractivity contribution in [2.75, 3.05) is 55.7 Å². The van der Waals surface area contributed by atoms with Crippen molar-refractivity contribution in [1.29, 1.82) is 0 Å². The van der Waals surface area contributed by atoms with Crippen molar-refractivity contribution in [3.8, 4) is 0 Å². The summed E-state index contributed by atoms with van der Waals surface area (Å²) >= 11 is 0. The molecule has 3 fully saturated rings. The Morgan fingerprint density at radius 1 is 0.885 bits per heavy atom. The molecule has 3 heterocycles. The summed E-state index contributed by atoms with van der Waals surface area (Å²) in [6, 6.07) is 2.33. The van der Waals surface area contributed by atoms with Crippen molar-refractivity contribution < 1.29 is 5.11 Å². The van der Waals surface area contributed by atoms with E-state index in [9.17, 15) is 5.11 Å². The molecular weight excluding hydrogens is 326 g/mol. The highest BCUT2D eigenvalue weighted by atomic mass is 16.3. The second-order valence-corrected chi connectivity index (χ2v) is 8.20. The average molecular weight is 360 g/mol. The van der Waals surface area contributed by atoms with Crippen LogP contribution < -0.4 is 9.80 Å². The molecule has 1 N–H and O–H groups in total. The molecule has 144 valence electrons. The van der Waals surface area contributed by atoms with Gasteiger partial charge in [-0.15, -0.1) is 0 Å². The second-order valence-electron chi connectivity index (χ2n) is 8.20. The second kappa shape index (κ2) is 8.53. The normalized spacial score (nSPS) is 25.8. The van der Waals surface area contributed by atoms with Crippen LogP contribution in [0.25, 0.3) is 0 Å². The molecule has 0 radical (unpaired) electrons. The lowest BCUT2D eigenvalue weighted by Crippen LogP contribution is -2.48. The van der Waals surface area contributed by atoms with Gasteiger partial charge in [-0.3, -0.25) is 4.90 Å². The van der Waals surface area contributed by atoms with Crippen LogP contribution in [0.3, 0.4) is 0 Å². The minimum atomic E-state index is 0.208. The highest BCUT2D eigenvalue weighted by molar-refractivity contribution is 5.51. The number of aliphatic hydroxyl groups is 1. The van der Waals surface area contributed by atoms with Crippen LogP contribution in [0.15, 0.2) is 12.4 Å². The van der Waals surface area contributed by atoms with Crippen molar-refractivity contribution in [2.24, 2.45) is 5.92 Å². The third-order valence-electron chi connectivity index (χ3n) is 6.46. The molecule has 6 heteroatoms. The molecule has 6 nitrogen and oxygen atoms in total. The van der Waals surface area contributed by atoms with E-state index in [1.54, 1.807) is 6.33 Å². The number of hydrogen-bond acceptors (Lipinski definition) is 6. The molecule has 0 amide bonds. The molecule has 1 unspecified atom stereocenters. The lowest BCUT2D eigenvalue weighted by atomic mass is 9.89. The van der Waals surface area contributed by atoms with Crippen molar-refractivity contribution in [1.82, 2.24) is 14.9 Å². The number of aliphatic hydroxyl groups excluding tert-OH is 1. The predicted molar refractivity (Wildman–Crippen MR) is 105 cm³/mol. The molecule has 3 aliphatic rings. The van der Waals surface area contributed by atoms with E-state index in [0.29, 0.717) is 0 Å². The Kier molecular flexibility index (Phi) is 5.90. The molecule has 1 saturated carbocycles. The Morgan fingerprint density at radius 2 is 1.65 bits per heavy atom. The molecular formula is C20H33N5O. The molecule has 1 aliphatic carbocycles. The minimum Gasteiger partial charge on any atom is -0.394 e. The van der Waals surface area contributed by atoms with Crippen molar-refractivity contribution in [2.45, 2.75) is 51.0 Å². The van der Waals surface area contributed by atoms with Gasteiger partial charge in [0.15, 0.2) is 0 Å². The lowest BCUT2D eigenvalue weighted by Gasteiger charge is -2.38. The fourth-order valence-corrected chi connectivity index (χ4v) is 4.89. The van der Waals surface area contributed by atoms with Gasteiger partial charge in [0.1, 0.15) is 18.0 Å². The third kappa shape index (κ3) is 4.12. The topological polar surface area (TPSA) is 55.7 Å². The molecule has 1 aromatic heterocycles. The summed E-state index contributed by atoms with van der Waals surface area (Å²) in [5.41, 5.74) is 0. The fraction of sp³-hybridized carbons (Fsp3) is 0.800. The van der Waals surface area contributed by atoms with Gasteiger partial charge in [-0.2, -0.15) is 0 Å². The summed E-state index contributed by atoms with van der Waals surface area (Å²) in [4.78, 5) is 16.3. The van der Waals surface area contributed by atoms with Crippen LogP contribution >= 0.6 is 0 Å². The summed E-state index contributed by atoms with van der Waals surface area (Å²) in [5.74, 6) is 2.93. The van der Waals surface area contributed by atoms with Gasteiger partial charge in [0.05, 0.1) is 12.6 Å². The van der Waals surface area contributed by atoms with Gasteiger partial charge in [0.25, 0.3) is 0 Å². The largest absolute Gasteiger partial charge is 0.394 e. The van der Waals surface area contributed by atoms with E-state index in [2.05, 4.69) is 30.7 Å². The number of aromatic nitrogens is 2. The maximum atomic E-state index is 9.58. The Bertz CT molecular complexity index is 569. The molecule has 2 aliphatic heterocycles. The number of nitrogens with zero attached hydrogens (tertiary/aromatic N) is 5. The lowest BCUT2D eigenvalue weighted by molar-refractivity contribution is 0.191. The molecule has 1 atom stereocenters. The smallest absolute Gasteiger partial charge is 0.134 e. The number of anilines is 2. The van der Waals surface area contributed by atoms with E-state index in [4.69, 9.17) is 0 Å². The predicted octanol–water partition coefficient (Wildman–Crippen LogP) is 2.14. The SMILES string of the molecule is OCC1CCCN1c1cc(N2CCN(CC3CCCCC3)CC2)ncn1. The summed E-state index contributed by atoms with van der Waals surface area (Å²) in [5, 5.41) is 9.58. The van der Waals surface area contributed by atoms with Crippen LogP contribution in [0.4, 0.5) is 11.6 Å². The Hall–Kier alpha value is -1.40. The third-order valence-corrected chi connectivity index (χ3v) is 6.46. The van der Waals surface area contributed by atoms with Gasteiger partial charge in [-0.25, -0.2) is 9.97 Å². The molecule has 26 heavy (non-hydrogen) atoms. The van der Waals surface area contributed by atoms with Gasteiger partial charge in [-0.1, -0.05) is 19.3 Å². The van der Waals surface area contributed by atoms with E-state index < -0.39 is 0 Å². The monoisotopic (exact) mass is 359 g/mol. The maximum Gasteiger partial charge on any atom is 0.134 e. The van der Waals surface area contributed by atoms with Gasteiger partial charge in [0, 0.05) is 45.3 Å². The first-order chi connectivity index (χ1) is 12.8. The molecule has 0 bridgehead atoms. The number of rotatable bonds is 5. The maximum absolute atomic E-state index is 9.58. The Morgan fingerprint density at radius 3 is 2.42 bits per heavy atom. The molecule has 2 saturated heterocycles. The van der Waals surface area contributed by atoms with Crippen LogP contribution in [0, 0.1) is 5.92 Å². The van der Waals surface area contributed by atoms with E-state index in [1.807, 2.05) is 0 Å². The fourth-order valence-electron chi connectivity index (χ4n) is 4.89. The van der Waals surface area contributed by atoms with E-state index >= 15 is 0 Å².